The summed E-state index contributed by atoms with van der Waals surface area (Å²) >= 11 is 3.35. The number of amides is 3. The molecule has 3 aromatic carbocycles. The predicted molar refractivity (Wildman–Crippen MR) is 124 cm³/mol. The van der Waals surface area contributed by atoms with Gasteiger partial charge in [-0.25, -0.2) is 14.7 Å². The van der Waals surface area contributed by atoms with Crippen LogP contribution in [0.1, 0.15) is 27.5 Å². The Bertz CT molecular complexity index is 1300. The van der Waals surface area contributed by atoms with Gasteiger partial charge in [-0.2, -0.15) is 0 Å². The van der Waals surface area contributed by atoms with E-state index in [-0.39, 0.29) is 5.56 Å². The molecule has 8 heteroatoms. The van der Waals surface area contributed by atoms with Crippen molar-refractivity contribution in [3.63, 3.8) is 0 Å². The van der Waals surface area contributed by atoms with E-state index in [1.807, 2.05) is 13.0 Å². The fourth-order valence-corrected chi connectivity index (χ4v) is 4.94. The number of aryl methyl sites for hydroxylation is 1. The van der Waals surface area contributed by atoms with Crippen LogP contribution in [0.25, 0.3) is 0 Å². The lowest BCUT2D eigenvalue weighted by Crippen LogP contribution is -2.48. The fourth-order valence-electron chi connectivity index (χ4n) is 4.54. The molecule has 0 saturated carbocycles. The van der Waals surface area contributed by atoms with Crippen LogP contribution in [0.4, 0.5) is 10.1 Å². The van der Waals surface area contributed by atoms with Gasteiger partial charge in [-0.1, -0.05) is 52.3 Å². The maximum Gasteiger partial charge on any atom is 0.268 e. The molecule has 0 bridgehead atoms. The molecule has 0 unspecified atom stereocenters. The molecule has 3 aromatic rings. The zero-order chi connectivity index (χ0) is 23.3. The van der Waals surface area contributed by atoms with E-state index < -0.39 is 41.5 Å². The highest BCUT2D eigenvalue weighted by Gasteiger charge is 2.60. The van der Waals surface area contributed by atoms with E-state index in [0.717, 1.165) is 10.5 Å². The maximum atomic E-state index is 14.7. The van der Waals surface area contributed by atoms with Gasteiger partial charge >= 0.3 is 0 Å². The molecule has 6 nitrogen and oxygen atoms in total. The van der Waals surface area contributed by atoms with E-state index >= 15 is 0 Å². The number of anilines is 1. The van der Waals surface area contributed by atoms with Gasteiger partial charge in [-0.3, -0.25) is 19.4 Å². The molecule has 5 rings (SSSR count). The molecule has 0 aliphatic carbocycles. The topological polar surface area (TPSA) is 69.7 Å². The molecular weight excluding hydrogens is 489 g/mol. The Balaban J connectivity index is 1.61. The number of fused-ring (bicyclic) bond motifs is 1. The van der Waals surface area contributed by atoms with Crippen LogP contribution < -0.4 is 10.3 Å². The summed E-state index contributed by atoms with van der Waals surface area (Å²) in [6.07, 6.45) is 0. The van der Waals surface area contributed by atoms with Gasteiger partial charge in [0.15, 0.2) is 0 Å². The molecule has 3 amide bonds. The van der Waals surface area contributed by atoms with E-state index in [1.54, 1.807) is 60.7 Å². The maximum absolute atomic E-state index is 14.7. The van der Waals surface area contributed by atoms with Gasteiger partial charge in [0.05, 0.1) is 17.6 Å². The van der Waals surface area contributed by atoms with Crippen molar-refractivity contribution in [3.05, 3.63) is 99.8 Å². The highest BCUT2D eigenvalue weighted by Crippen LogP contribution is 2.43. The monoisotopic (exact) mass is 507 g/mol. The second kappa shape index (κ2) is 8.20. The van der Waals surface area contributed by atoms with Crippen molar-refractivity contribution >= 4 is 39.3 Å². The molecule has 3 atom stereocenters. The SMILES string of the molecule is Cc1cccc(N2C(=O)[C@@H]3[C@@H](c4ccccc4F)NN(C(=O)c4cccc(Br)c4)[C@H]3C2=O)c1. The van der Waals surface area contributed by atoms with Gasteiger partial charge in [0.2, 0.25) is 5.91 Å². The number of hydrogen-bond acceptors (Lipinski definition) is 4. The summed E-state index contributed by atoms with van der Waals surface area (Å²) < 4.78 is 15.4. The quantitative estimate of drug-likeness (QED) is 0.540. The number of nitrogens with zero attached hydrogens (tertiary/aromatic N) is 2. The average Bonchev–Trinajstić information content (AvgIpc) is 3.30. The van der Waals surface area contributed by atoms with Crippen LogP contribution in [0.3, 0.4) is 0 Å². The molecule has 166 valence electrons. The van der Waals surface area contributed by atoms with Crippen LogP contribution in [0.15, 0.2) is 77.3 Å². The zero-order valence-electron chi connectivity index (χ0n) is 17.5. The summed E-state index contributed by atoms with van der Waals surface area (Å²) in [4.78, 5) is 41.6. The third-order valence-corrected chi connectivity index (χ3v) is 6.52. The number of hydrazine groups is 1. The Hall–Kier alpha value is -3.36. The first-order valence-electron chi connectivity index (χ1n) is 10.4. The Morgan fingerprint density at radius 2 is 1.73 bits per heavy atom. The zero-order valence-corrected chi connectivity index (χ0v) is 19.1. The molecule has 2 heterocycles. The Morgan fingerprint density at radius 1 is 0.970 bits per heavy atom. The molecule has 2 fully saturated rings. The Kier molecular flexibility index (Phi) is 5.34. The summed E-state index contributed by atoms with van der Waals surface area (Å²) in [5, 5.41) is 1.18. The van der Waals surface area contributed by atoms with Crippen molar-refractivity contribution in [2.45, 2.75) is 19.0 Å². The number of rotatable bonds is 3. The number of nitrogens with one attached hydrogen (secondary N) is 1. The van der Waals surface area contributed by atoms with E-state index in [9.17, 15) is 18.8 Å². The van der Waals surface area contributed by atoms with Gasteiger partial charge in [0, 0.05) is 15.6 Å². The summed E-state index contributed by atoms with van der Waals surface area (Å²) in [6.45, 7) is 1.86. The minimum Gasteiger partial charge on any atom is -0.274 e. The average molecular weight is 508 g/mol. The van der Waals surface area contributed by atoms with Crippen LogP contribution >= 0.6 is 15.9 Å². The van der Waals surface area contributed by atoms with Crippen LogP contribution in [-0.2, 0) is 9.59 Å². The van der Waals surface area contributed by atoms with Crippen molar-refractivity contribution in [1.82, 2.24) is 10.4 Å². The van der Waals surface area contributed by atoms with Gasteiger partial charge in [0.25, 0.3) is 11.8 Å². The smallest absolute Gasteiger partial charge is 0.268 e. The standard InChI is InChI=1S/C25H19BrFN3O3/c1-14-6-4-9-17(12-14)29-24(32)20-21(18-10-2-3-11-19(18)27)28-30(22(20)25(29)33)23(31)15-7-5-8-16(26)13-15/h2-13,20-22,28H,1H3/t20-,21-,22-/m1/s1. The van der Waals surface area contributed by atoms with Crippen molar-refractivity contribution < 1.29 is 18.8 Å². The summed E-state index contributed by atoms with van der Waals surface area (Å²) in [6, 6.07) is 17.9. The van der Waals surface area contributed by atoms with E-state index in [1.165, 1.54) is 11.1 Å². The van der Waals surface area contributed by atoms with Crippen LogP contribution in [0.5, 0.6) is 0 Å². The number of hydrogen-bond donors (Lipinski definition) is 1. The highest BCUT2D eigenvalue weighted by atomic mass is 79.9. The largest absolute Gasteiger partial charge is 0.274 e. The lowest BCUT2D eigenvalue weighted by Gasteiger charge is -2.25. The third-order valence-electron chi connectivity index (χ3n) is 6.03. The van der Waals surface area contributed by atoms with Crippen LogP contribution in [0.2, 0.25) is 0 Å². The second-order valence-electron chi connectivity index (χ2n) is 8.14. The van der Waals surface area contributed by atoms with E-state index in [0.29, 0.717) is 15.7 Å². The molecule has 0 aromatic heterocycles. The number of halogens is 2. The van der Waals surface area contributed by atoms with Gasteiger partial charge in [-0.05, 0) is 48.9 Å². The molecule has 2 aliphatic heterocycles. The fraction of sp³-hybridized carbons (Fsp3) is 0.160. The van der Waals surface area contributed by atoms with E-state index in [2.05, 4.69) is 21.4 Å². The molecule has 2 aliphatic rings. The molecular formula is C25H19BrFN3O3. The minimum atomic E-state index is -1.10. The molecule has 0 spiro atoms. The minimum absolute atomic E-state index is 0.226. The Morgan fingerprint density at radius 3 is 2.45 bits per heavy atom. The molecule has 33 heavy (non-hydrogen) atoms. The number of carbonyl (C=O) groups is 3. The number of carbonyl (C=O) groups excluding carboxylic acids is 3. The third kappa shape index (κ3) is 3.55. The van der Waals surface area contributed by atoms with Gasteiger partial charge < -0.3 is 0 Å². The van der Waals surface area contributed by atoms with Crippen molar-refractivity contribution in [2.75, 3.05) is 4.90 Å². The van der Waals surface area contributed by atoms with E-state index in [4.69, 9.17) is 0 Å². The predicted octanol–water partition coefficient (Wildman–Crippen LogP) is 4.16. The number of benzene rings is 3. The molecule has 2 saturated heterocycles. The Labute approximate surface area is 198 Å². The van der Waals surface area contributed by atoms with Crippen molar-refractivity contribution in [2.24, 2.45) is 5.92 Å². The van der Waals surface area contributed by atoms with Crippen LogP contribution in [0, 0.1) is 18.7 Å². The van der Waals surface area contributed by atoms with Gasteiger partial charge in [-0.15, -0.1) is 0 Å². The normalized spacial score (nSPS) is 22.1. The van der Waals surface area contributed by atoms with Gasteiger partial charge in [0.1, 0.15) is 11.9 Å². The van der Waals surface area contributed by atoms with Crippen LogP contribution in [-0.4, -0.2) is 28.8 Å². The van der Waals surface area contributed by atoms with Crippen molar-refractivity contribution in [1.29, 1.82) is 0 Å². The molecule has 1 N–H and O–H groups in total. The first-order chi connectivity index (χ1) is 15.9. The molecule has 0 radical (unpaired) electrons. The summed E-state index contributed by atoms with van der Waals surface area (Å²) in [5.74, 6) is -2.95. The number of imide groups is 1. The first-order valence-corrected chi connectivity index (χ1v) is 11.2. The highest BCUT2D eigenvalue weighted by molar-refractivity contribution is 9.10. The summed E-state index contributed by atoms with van der Waals surface area (Å²) in [7, 11) is 0. The lowest BCUT2D eigenvalue weighted by atomic mass is 9.90. The summed E-state index contributed by atoms with van der Waals surface area (Å²) in [5.41, 5.74) is 4.85. The first kappa shape index (κ1) is 21.5. The lowest BCUT2D eigenvalue weighted by molar-refractivity contribution is -0.123. The van der Waals surface area contributed by atoms with Crippen molar-refractivity contribution in [3.8, 4) is 0 Å². The second-order valence-corrected chi connectivity index (χ2v) is 9.05.